The average molecular weight is 286 g/mol. The van der Waals surface area contributed by atoms with Gasteiger partial charge in [0.25, 0.3) is 0 Å². The molecular weight excluding hydrogens is 268 g/mol. The number of amides is 1. The zero-order valence-corrected chi connectivity index (χ0v) is 12.3. The minimum Gasteiger partial charge on any atom is -0.311 e. The molecule has 1 fully saturated rings. The van der Waals surface area contributed by atoms with Crippen LogP contribution in [0.3, 0.4) is 0 Å². The van der Waals surface area contributed by atoms with Gasteiger partial charge in [-0.15, -0.1) is 11.8 Å². The molecule has 0 aliphatic carbocycles. The highest BCUT2D eigenvalue weighted by Gasteiger charge is 2.27. The summed E-state index contributed by atoms with van der Waals surface area (Å²) in [5.41, 5.74) is 1.01. The second kappa shape index (κ2) is 5.85. The smallest absolute Gasteiger partial charge is 0.245 e. The predicted octanol–water partition coefficient (Wildman–Crippen LogP) is 2.86. The predicted molar refractivity (Wildman–Crippen MR) is 86.2 cm³/mol. The molecule has 2 aromatic carbocycles. The van der Waals surface area contributed by atoms with Crippen LogP contribution in [0.5, 0.6) is 0 Å². The fraction of sp³-hybridized carbons (Fsp3) is 0.312. The first-order chi connectivity index (χ1) is 9.81. The topological polar surface area (TPSA) is 32.3 Å². The molecule has 0 bridgehead atoms. The number of thioether (sulfide) groups is 1. The van der Waals surface area contributed by atoms with Crippen molar-refractivity contribution in [3.8, 4) is 0 Å². The van der Waals surface area contributed by atoms with Crippen LogP contribution >= 0.6 is 11.8 Å². The van der Waals surface area contributed by atoms with Gasteiger partial charge in [-0.2, -0.15) is 0 Å². The number of benzene rings is 2. The number of nitrogens with zero attached hydrogens (tertiary/aromatic N) is 1. The highest BCUT2D eigenvalue weighted by molar-refractivity contribution is 7.99. The molecule has 1 N–H and O–H groups in total. The average Bonchev–Trinajstić information content (AvgIpc) is 3.02. The Kier molecular flexibility index (Phi) is 3.94. The standard InChI is InChI=1S/C16H18N2OS/c1-2-18(16(19)14-10-20-11-17-14)15-9-5-7-12-6-3-4-8-13(12)15/h3-9,14,17H,2,10-11H2,1H3. The zero-order valence-electron chi connectivity index (χ0n) is 11.5. The van der Waals surface area contributed by atoms with E-state index < -0.39 is 0 Å². The van der Waals surface area contributed by atoms with Crippen molar-refractivity contribution in [2.75, 3.05) is 23.1 Å². The van der Waals surface area contributed by atoms with Gasteiger partial charge in [-0.1, -0.05) is 36.4 Å². The Labute approximate surface area is 123 Å². The van der Waals surface area contributed by atoms with Crippen LogP contribution in [0.2, 0.25) is 0 Å². The summed E-state index contributed by atoms with van der Waals surface area (Å²) in [5, 5.41) is 5.57. The number of anilines is 1. The van der Waals surface area contributed by atoms with E-state index in [0.717, 1.165) is 22.7 Å². The quantitative estimate of drug-likeness (QED) is 0.941. The third kappa shape index (κ3) is 2.41. The zero-order chi connectivity index (χ0) is 13.9. The van der Waals surface area contributed by atoms with E-state index in [4.69, 9.17) is 0 Å². The van der Waals surface area contributed by atoms with Gasteiger partial charge in [0.15, 0.2) is 0 Å². The molecule has 1 unspecified atom stereocenters. The Bertz CT molecular complexity index is 617. The third-order valence-electron chi connectivity index (χ3n) is 3.65. The third-order valence-corrected chi connectivity index (χ3v) is 4.59. The van der Waals surface area contributed by atoms with E-state index in [1.54, 1.807) is 11.8 Å². The Morgan fingerprint density at radius 2 is 2.10 bits per heavy atom. The van der Waals surface area contributed by atoms with E-state index in [2.05, 4.69) is 23.5 Å². The number of nitrogens with one attached hydrogen (secondary N) is 1. The van der Waals surface area contributed by atoms with Crippen molar-refractivity contribution in [1.29, 1.82) is 0 Å². The lowest BCUT2D eigenvalue weighted by molar-refractivity contribution is -0.119. The molecule has 104 valence electrons. The van der Waals surface area contributed by atoms with E-state index in [-0.39, 0.29) is 11.9 Å². The van der Waals surface area contributed by atoms with Crippen LogP contribution in [-0.2, 0) is 4.79 Å². The second-order valence-electron chi connectivity index (χ2n) is 4.85. The minimum atomic E-state index is -0.0566. The van der Waals surface area contributed by atoms with Crippen LogP contribution in [-0.4, -0.2) is 30.1 Å². The summed E-state index contributed by atoms with van der Waals surface area (Å²) in [5.74, 6) is 1.90. The lowest BCUT2D eigenvalue weighted by Crippen LogP contribution is -2.45. The number of rotatable bonds is 3. The van der Waals surface area contributed by atoms with Crippen molar-refractivity contribution in [3.05, 3.63) is 42.5 Å². The van der Waals surface area contributed by atoms with Gasteiger partial charge >= 0.3 is 0 Å². The van der Waals surface area contributed by atoms with Gasteiger partial charge in [0.1, 0.15) is 0 Å². The molecule has 2 aromatic rings. The van der Waals surface area contributed by atoms with Crippen molar-refractivity contribution >= 4 is 34.1 Å². The number of likely N-dealkylation sites (N-methyl/N-ethyl adjacent to an activating group) is 1. The Morgan fingerprint density at radius 3 is 2.85 bits per heavy atom. The van der Waals surface area contributed by atoms with E-state index in [0.29, 0.717) is 6.54 Å². The van der Waals surface area contributed by atoms with Gasteiger partial charge in [0, 0.05) is 23.6 Å². The van der Waals surface area contributed by atoms with Crippen LogP contribution < -0.4 is 10.2 Å². The van der Waals surface area contributed by atoms with E-state index in [1.165, 1.54) is 5.39 Å². The molecule has 0 radical (unpaired) electrons. The van der Waals surface area contributed by atoms with Crippen molar-refractivity contribution in [1.82, 2.24) is 5.32 Å². The van der Waals surface area contributed by atoms with Crippen molar-refractivity contribution in [2.45, 2.75) is 13.0 Å². The van der Waals surface area contributed by atoms with Crippen LogP contribution in [0, 0.1) is 0 Å². The van der Waals surface area contributed by atoms with Crippen molar-refractivity contribution in [3.63, 3.8) is 0 Å². The molecule has 20 heavy (non-hydrogen) atoms. The van der Waals surface area contributed by atoms with E-state index in [9.17, 15) is 4.79 Å². The van der Waals surface area contributed by atoms with Crippen LogP contribution in [0.1, 0.15) is 6.92 Å². The summed E-state index contributed by atoms with van der Waals surface area (Å²) >= 11 is 1.78. The van der Waals surface area contributed by atoms with Crippen molar-refractivity contribution in [2.24, 2.45) is 0 Å². The molecule has 1 heterocycles. The Balaban J connectivity index is 2.00. The maximum atomic E-state index is 12.7. The maximum absolute atomic E-state index is 12.7. The first kappa shape index (κ1) is 13.5. The second-order valence-corrected chi connectivity index (χ2v) is 5.88. The summed E-state index contributed by atoms with van der Waals surface area (Å²) in [6, 6.07) is 14.3. The maximum Gasteiger partial charge on any atom is 0.245 e. The Morgan fingerprint density at radius 1 is 1.30 bits per heavy atom. The number of hydrogen-bond donors (Lipinski definition) is 1. The van der Waals surface area contributed by atoms with Gasteiger partial charge < -0.3 is 4.90 Å². The molecule has 0 spiro atoms. The molecular formula is C16H18N2OS. The summed E-state index contributed by atoms with van der Waals surface area (Å²) in [6.07, 6.45) is 0. The number of fused-ring (bicyclic) bond motifs is 1. The number of carbonyl (C=O) groups excluding carboxylic acids is 1. The summed E-state index contributed by atoms with van der Waals surface area (Å²) in [7, 11) is 0. The van der Waals surface area contributed by atoms with Crippen LogP contribution in [0.25, 0.3) is 10.8 Å². The molecule has 1 aliphatic rings. The molecule has 1 saturated heterocycles. The highest BCUT2D eigenvalue weighted by Crippen LogP contribution is 2.27. The molecule has 3 rings (SSSR count). The normalized spacial score (nSPS) is 18.4. The molecule has 0 aromatic heterocycles. The van der Waals surface area contributed by atoms with E-state index in [1.807, 2.05) is 36.1 Å². The lowest BCUT2D eigenvalue weighted by atomic mass is 10.1. The molecule has 3 nitrogen and oxygen atoms in total. The first-order valence-electron chi connectivity index (χ1n) is 6.91. The van der Waals surface area contributed by atoms with Crippen LogP contribution in [0.15, 0.2) is 42.5 Å². The number of carbonyl (C=O) groups is 1. The van der Waals surface area contributed by atoms with Crippen LogP contribution in [0.4, 0.5) is 5.69 Å². The fourth-order valence-electron chi connectivity index (χ4n) is 2.63. The summed E-state index contributed by atoms with van der Waals surface area (Å²) in [6.45, 7) is 2.72. The number of hydrogen-bond acceptors (Lipinski definition) is 3. The van der Waals surface area contributed by atoms with Gasteiger partial charge in [-0.05, 0) is 18.4 Å². The Hall–Kier alpha value is -1.52. The largest absolute Gasteiger partial charge is 0.311 e. The van der Waals surface area contributed by atoms with Gasteiger partial charge in [0.2, 0.25) is 5.91 Å². The molecule has 0 saturated carbocycles. The lowest BCUT2D eigenvalue weighted by Gasteiger charge is -2.25. The minimum absolute atomic E-state index is 0.0566. The molecule has 1 aliphatic heterocycles. The van der Waals surface area contributed by atoms with Gasteiger partial charge in [0.05, 0.1) is 11.7 Å². The molecule has 1 amide bonds. The van der Waals surface area contributed by atoms with Gasteiger partial charge in [-0.3, -0.25) is 10.1 Å². The van der Waals surface area contributed by atoms with Crippen molar-refractivity contribution < 1.29 is 4.79 Å². The summed E-state index contributed by atoms with van der Waals surface area (Å²) in [4.78, 5) is 14.6. The monoisotopic (exact) mass is 286 g/mol. The molecule has 4 heteroatoms. The van der Waals surface area contributed by atoms with E-state index >= 15 is 0 Å². The summed E-state index contributed by atoms with van der Waals surface area (Å²) < 4.78 is 0. The SMILES string of the molecule is CCN(C(=O)C1CSCN1)c1cccc2ccccc12. The molecule has 1 atom stereocenters. The van der Waals surface area contributed by atoms with Gasteiger partial charge in [-0.25, -0.2) is 0 Å². The fourth-order valence-corrected chi connectivity index (χ4v) is 3.56. The first-order valence-corrected chi connectivity index (χ1v) is 8.07. The highest BCUT2D eigenvalue weighted by atomic mass is 32.2.